The predicted octanol–water partition coefficient (Wildman–Crippen LogP) is 3.91. The van der Waals surface area contributed by atoms with Crippen LogP contribution in [0.3, 0.4) is 0 Å². The molecule has 0 aliphatic heterocycles. The molecule has 0 atom stereocenters. The molecule has 0 bridgehead atoms. The molecule has 0 aliphatic rings. The Morgan fingerprint density at radius 3 is 2.70 bits per heavy atom. The minimum absolute atomic E-state index is 0.277. The summed E-state index contributed by atoms with van der Waals surface area (Å²) in [6.45, 7) is 1.99. The average Bonchev–Trinajstić information content (AvgIpc) is 2.47. The van der Waals surface area contributed by atoms with Gasteiger partial charge in [-0.25, -0.2) is 4.79 Å². The highest BCUT2D eigenvalue weighted by atomic mass is 16.4. The van der Waals surface area contributed by atoms with Gasteiger partial charge >= 0.3 is 5.97 Å². The van der Waals surface area contributed by atoms with Gasteiger partial charge in [0.15, 0.2) is 0 Å². The Morgan fingerprint density at radius 2 is 1.90 bits per heavy atom. The summed E-state index contributed by atoms with van der Waals surface area (Å²) in [5.41, 5.74) is 2.92. The van der Waals surface area contributed by atoms with Crippen LogP contribution in [0.4, 0.5) is 0 Å². The molecule has 1 aromatic heterocycles. The molecule has 0 unspecified atom stereocenters. The first-order valence-electron chi connectivity index (χ1n) is 6.34. The second kappa shape index (κ2) is 4.78. The first-order valence-corrected chi connectivity index (χ1v) is 6.34. The van der Waals surface area contributed by atoms with Gasteiger partial charge < -0.3 is 5.11 Å². The van der Waals surface area contributed by atoms with E-state index in [1.54, 1.807) is 12.3 Å². The van der Waals surface area contributed by atoms with E-state index < -0.39 is 5.97 Å². The third kappa shape index (κ3) is 1.93. The number of fused-ring (bicyclic) bond motifs is 1. The lowest BCUT2D eigenvalue weighted by molar-refractivity contribution is 0.0697. The molecule has 0 spiro atoms. The predicted molar refractivity (Wildman–Crippen MR) is 78.9 cm³/mol. The minimum Gasteiger partial charge on any atom is -0.478 e. The summed E-state index contributed by atoms with van der Waals surface area (Å²) in [4.78, 5) is 15.5. The highest BCUT2D eigenvalue weighted by molar-refractivity contribution is 6.04. The number of aromatic nitrogens is 1. The number of aryl methyl sites for hydroxylation is 1. The van der Waals surface area contributed by atoms with Crippen LogP contribution in [0, 0.1) is 6.92 Å². The highest BCUT2D eigenvalue weighted by Gasteiger charge is 2.15. The fourth-order valence-corrected chi connectivity index (χ4v) is 2.52. The van der Waals surface area contributed by atoms with E-state index in [1.165, 1.54) is 6.20 Å². The van der Waals surface area contributed by atoms with Gasteiger partial charge in [-0.1, -0.05) is 36.4 Å². The van der Waals surface area contributed by atoms with Crippen molar-refractivity contribution < 1.29 is 9.90 Å². The number of rotatable bonds is 2. The largest absolute Gasteiger partial charge is 0.478 e. The van der Waals surface area contributed by atoms with E-state index >= 15 is 0 Å². The quantitative estimate of drug-likeness (QED) is 0.762. The number of nitrogens with zero attached hydrogens (tertiary/aromatic N) is 1. The van der Waals surface area contributed by atoms with Crippen LogP contribution < -0.4 is 0 Å². The van der Waals surface area contributed by atoms with E-state index in [9.17, 15) is 9.90 Å². The summed E-state index contributed by atoms with van der Waals surface area (Å²) in [5, 5.41) is 11.5. The van der Waals surface area contributed by atoms with Gasteiger partial charge in [0.25, 0.3) is 0 Å². The molecule has 1 heterocycles. The van der Waals surface area contributed by atoms with E-state index in [2.05, 4.69) is 4.98 Å². The number of hydrogen-bond donors (Lipinski definition) is 1. The smallest absolute Gasteiger partial charge is 0.336 e. The third-order valence-electron chi connectivity index (χ3n) is 3.46. The topological polar surface area (TPSA) is 50.2 Å². The van der Waals surface area contributed by atoms with E-state index in [0.717, 1.165) is 21.9 Å². The van der Waals surface area contributed by atoms with Crippen LogP contribution in [0.25, 0.3) is 21.9 Å². The molecule has 0 saturated carbocycles. The summed E-state index contributed by atoms with van der Waals surface area (Å²) in [6.07, 6.45) is 3.13. The van der Waals surface area contributed by atoms with E-state index in [-0.39, 0.29) is 5.56 Å². The average molecular weight is 263 g/mol. The van der Waals surface area contributed by atoms with Crippen LogP contribution in [0.1, 0.15) is 15.9 Å². The van der Waals surface area contributed by atoms with Gasteiger partial charge in [0.2, 0.25) is 0 Å². The van der Waals surface area contributed by atoms with Gasteiger partial charge in [-0.15, -0.1) is 0 Å². The lowest BCUT2D eigenvalue weighted by atomic mass is 9.92. The van der Waals surface area contributed by atoms with Crippen molar-refractivity contribution in [3.05, 3.63) is 66.0 Å². The Labute approximate surface area is 116 Å². The van der Waals surface area contributed by atoms with Gasteiger partial charge in [0.05, 0.1) is 5.56 Å². The molecule has 0 fully saturated rings. The van der Waals surface area contributed by atoms with Gasteiger partial charge in [-0.2, -0.15) is 0 Å². The zero-order valence-corrected chi connectivity index (χ0v) is 11.0. The summed E-state index contributed by atoms with van der Waals surface area (Å²) in [7, 11) is 0. The summed E-state index contributed by atoms with van der Waals surface area (Å²) in [6, 6.07) is 13.6. The van der Waals surface area contributed by atoms with Gasteiger partial charge in [0, 0.05) is 18.0 Å². The normalized spacial score (nSPS) is 10.7. The van der Waals surface area contributed by atoms with Crippen LogP contribution >= 0.6 is 0 Å². The lowest BCUT2D eigenvalue weighted by Gasteiger charge is -2.12. The standard InChI is InChI=1S/C17H13NO2/c1-11-6-7-12-4-2-3-5-13(12)16(11)15-10-18-9-8-14(15)17(19)20/h2-10H,1H3,(H,19,20). The molecule has 3 aromatic rings. The molecule has 0 radical (unpaired) electrons. The monoisotopic (exact) mass is 263 g/mol. The van der Waals surface area contributed by atoms with E-state index in [1.807, 2.05) is 43.3 Å². The molecular formula is C17H13NO2. The van der Waals surface area contributed by atoms with Crippen molar-refractivity contribution in [3.8, 4) is 11.1 Å². The highest BCUT2D eigenvalue weighted by Crippen LogP contribution is 2.33. The summed E-state index contributed by atoms with van der Waals surface area (Å²) >= 11 is 0. The van der Waals surface area contributed by atoms with Gasteiger partial charge in [0.1, 0.15) is 0 Å². The first-order chi connectivity index (χ1) is 9.68. The number of benzene rings is 2. The van der Waals surface area contributed by atoms with Gasteiger partial charge in [-0.3, -0.25) is 4.98 Å². The summed E-state index contributed by atoms with van der Waals surface area (Å²) in [5.74, 6) is -0.935. The molecule has 0 amide bonds. The van der Waals surface area contributed by atoms with Crippen molar-refractivity contribution in [2.75, 3.05) is 0 Å². The van der Waals surface area contributed by atoms with Crippen molar-refractivity contribution in [2.45, 2.75) is 6.92 Å². The molecule has 3 rings (SSSR count). The Morgan fingerprint density at radius 1 is 1.10 bits per heavy atom. The Balaban J connectivity index is 2.41. The Kier molecular flexibility index (Phi) is 2.95. The van der Waals surface area contributed by atoms with Crippen molar-refractivity contribution in [2.24, 2.45) is 0 Å². The fraction of sp³-hybridized carbons (Fsp3) is 0.0588. The number of carboxylic acids is 1. The first kappa shape index (κ1) is 12.4. The molecule has 98 valence electrons. The molecule has 2 aromatic carbocycles. The number of pyridine rings is 1. The molecule has 0 saturated heterocycles. The molecule has 0 aliphatic carbocycles. The van der Waals surface area contributed by atoms with Crippen molar-refractivity contribution >= 4 is 16.7 Å². The van der Waals surface area contributed by atoms with Crippen molar-refractivity contribution in [1.29, 1.82) is 0 Å². The number of carbonyl (C=O) groups is 1. The van der Waals surface area contributed by atoms with Crippen LogP contribution in [0.5, 0.6) is 0 Å². The second-order valence-corrected chi connectivity index (χ2v) is 4.71. The number of aromatic carboxylic acids is 1. The minimum atomic E-state index is -0.935. The second-order valence-electron chi connectivity index (χ2n) is 4.71. The van der Waals surface area contributed by atoms with Crippen LogP contribution in [0.2, 0.25) is 0 Å². The zero-order valence-electron chi connectivity index (χ0n) is 11.0. The maximum absolute atomic E-state index is 11.4. The Hall–Kier alpha value is -2.68. The van der Waals surface area contributed by atoms with E-state index in [4.69, 9.17) is 0 Å². The molecular weight excluding hydrogens is 250 g/mol. The maximum atomic E-state index is 11.4. The lowest BCUT2D eigenvalue weighted by Crippen LogP contribution is -2.01. The van der Waals surface area contributed by atoms with Crippen molar-refractivity contribution in [3.63, 3.8) is 0 Å². The van der Waals surface area contributed by atoms with E-state index in [0.29, 0.717) is 5.56 Å². The van der Waals surface area contributed by atoms with Crippen LogP contribution in [-0.2, 0) is 0 Å². The Bertz CT molecular complexity index is 809. The SMILES string of the molecule is Cc1ccc2ccccc2c1-c1cnccc1C(=O)O. The summed E-state index contributed by atoms with van der Waals surface area (Å²) < 4.78 is 0. The number of hydrogen-bond acceptors (Lipinski definition) is 2. The van der Waals surface area contributed by atoms with Crippen molar-refractivity contribution in [1.82, 2.24) is 4.98 Å². The molecule has 3 nitrogen and oxygen atoms in total. The maximum Gasteiger partial charge on any atom is 0.336 e. The van der Waals surface area contributed by atoms with Crippen LogP contribution in [-0.4, -0.2) is 16.1 Å². The zero-order chi connectivity index (χ0) is 14.1. The molecule has 1 N–H and O–H groups in total. The third-order valence-corrected chi connectivity index (χ3v) is 3.46. The van der Waals surface area contributed by atoms with Gasteiger partial charge in [-0.05, 0) is 34.9 Å². The number of carboxylic acid groups (broad SMARTS) is 1. The molecule has 20 heavy (non-hydrogen) atoms. The fourth-order valence-electron chi connectivity index (χ4n) is 2.52. The molecule has 3 heteroatoms. The van der Waals surface area contributed by atoms with Crippen LogP contribution in [0.15, 0.2) is 54.9 Å².